The second-order valence-corrected chi connectivity index (χ2v) is 8.41. The number of carbonyl (C=O) groups is 1. The maximum absolute atomic E-state index is 11.8. The van der Waals surface area contributed by atoms with Gasteiger partial charge < -0.3 is 14.6 Å². The molecule has 1 atom stereocenters. The lowest BCUT2D eigenvalue weighted by molar-refractivity contribution is -0.147. The fourth-order valence-electron chi connectivity index (χ4n) is 3.20. The Balaban J connectivity index is 2.05. The summed E-state index contributed by atoms with van der Waals surface area (Å²) in [5.41, 5.74) is 1.49. The molecule has 1 N–H and O–H groups in total. The van der Waals surface area contributed by atoms with Crippen LogP contribution in [-0.2, 0) is 14.9 Å². The minimum absolute atomic E-state index is 0.00174. The van der Waals surface area contributed by atoms with Crippen molar-refractivity contribution in [1.82, 2.24) is 0 Å². The van der Waals surface area contributed by atoms with Gasteiger partial charge in [-0.2, -0.15) is 0 Å². The number of aliphatic hydroxyl groups is 1. The van der Waals surface area contributed by atoms with E-state index in [0.717, 1.165) is 27.3 Å². The molecule has 3 rings (SSSR count). The van der Waals surface area contributed by atoms with Crippen LogP contribution in [0.1, 0.15) is 33.3 Å². The van der Waals surface area contributed by atoms with Crippen LogP contribution in [0.5, 0.6) is 5.75 Å². The monoisotopic (exact) mass is 392 g/mol. The van der Waals surface area contributed by atoms with E-state index >= 15 is 0 Å². The van der Waals surface area contributed by atoms with Gasteiger partial charge in [-0.15, -0.1) is 0 Å². The van der Waals surface area contributed by atoms with E-state index in [4.69, 9.17) is 9.47 Å². The highest BCUT2D eigenvalue weighted by Gasteiger charge is 2.19. The maximum atomic E-state index is 11.8. The molecular weight excluding hydrogens is 364 g/mol. The maximum Gasteiger partial charge on any atom is 0.333 e. The fourth-order valence-corrected chi connectivity index (χ4v) is 3.20. The summed E-state index contributed by atoms with van der Waals surface area (Å²) in [7, 11) is 0. The Bertz CT molecular complexity index is 1060. The zero-order valence-corrected chi connectivity index (χ0v) is 17.5. The summed E-state index contributed by atoms with van der Waals surface area (Å²) < 4.78 is 11.4. The highest BCUT2D eigenvalue weighted by atomic mass is 16.6. The summed E-state index contributed by atoms with van der Waals surface area (Å²) in [5.74, 6) is 0.194. The van der Waals surface area contributed by atoms with Gasteiger partial charge in [-0.25, -0.2) is 4.79 Å². The first kappa shape index (κ1) is 20.9. The van der Waals surface area contributed by atoms with Gasteiger partial charge in [-0.05, 0) is 40.8 Å². The molecule has 152 valence electrons. The average molecular weight is 392 g/mol. The van der Waals surface area contributed by atoms with E-state index in [9.17, 15) is 9.90 Å². The number of hydrogen-bond acceptors (Lipinski definition) is 4. The minimum atomic E-state index is -0.765. The van der Waals surface area contributed by atoms with Crippen LogP contribution >= 0.6 is 0 Å². The van der Waals surface area contributed by atoms with Crippen LogP contribution in [0.4, 0.5) is 0 Å². The van der Waals surface area contributed by atoms with Gasteiger partial charge in [0.2, 0.25) is 0 Å². The van der Waals surface area contributed by atoms with E-state index < -0.39 is 12.1 Å². The minimum Gasteiger partial charge on any atom is -0.488 e. The van der Waals surface area contributed by atoms with Crippen LogP contribution in [-0.4, -0.2) is 30.4 Å². The molecule has 0 aromatic heterocycles. The van der Waals surface area contributed by atoms with Crippen molar-refractivity contribution in [3.05, 3.63) is 66.2 Å². The number of benzene rings is 3. The molecule has 0 aliphatic rings. The Kier molecular flexibility index (Phi) is 5.94. The van der Waals surface area contributed by atoms with E-state index in [1.807, 2.05) is 24.3 Å². The number of aliphatic hydroxyl groups excluding tert-OH is 1. The average Bonchev–Trinajstić information content (AvgIpc) is 2.68. The van der Waals surface area contributed by atoms with E-state index in [1.165, 1.54) is 5.56 Å². The lowest BCUT2D eigenvalue weighted by Crippen LogP contribution is -2.28. The van der Waals surface area contributed by atoms with Gasteiger partial charge in [-0.1, -0.05) is 63.7 Å². The first-order chi connectivity index (χ1) is 13.7. The Labute approximate surface area is 171 Å². The van der Waals surface area contributed by atoms with Crippen molar-refractivity contribution in [3.8, 4) is 5.75 Å². The molecule has 29 heavy (non-hydrogen) atoms. The standard InChI is InChI=1S/C25H28O4/c1-16(2)24(27)29-20(14-26)15-28-23-21-9-7-6-8-17(21)12-18-10-11-19(13-22(18)23)25(3,4)5/h6-13,20,26H,1,14-15H2,2-5H3. The van der Waals surface area contributed by atoms with E-state index in [2.05, 4.69) is 51.6 Å². The summed E-state index contributed by atoms with van der Waals surface area (Å²) >= 11 is 0. The third-order valence-corrected chi connectivity index (χ3v) is 4.92. The lowest BCUT2D eigenvalue weighted by Gasteiger charge is -2.22. The van der Waals surface area contributed by atoms with Gasteiger partial charge in [0, 0.05) is 16.3 Å². The van der Waals surface area contributed by atoms with Gasteiger partial charge in [0.15, 0.2) is 6.10 Å². The van der Waals surface area contributed by atoms with Crippen molar-refractivity contribution in [1.29, 1.82) is 0 Å². The van der Waals surface area contributed by atoms with Crippen molar-refractivity contribution >= 4 is 27.5 Å². The summed E-state index contributed by atoms with van der Waals surface area (Å²) in [6, 6.07) is 16.6. The Morgan fingerprint density at radius 3 is 2.41 bits per heavy atom. The normalized spacial score (nSPS) is 12.7. The molecule has 0 amide bonds. The summed E-state index contributed by atoms with van der Waals surface area (Å²) in [4.78, 5) is 11.8. The van der Waals surface area contributed by atoms with E-state index in [1.54, 1.807) is 6.92 Å². The SMILES string of the molecule is C=C(C)C(=O)OC(CO)COc1c2ccccc2cc2ccc(C(C)(C)C)cc12. The molecule has 0 fully saturated rings. The molecule has 0 bridgehead atoms. The number of fused-ring (bicyclic) bond motifs is 2. The van der Waals surface area contributed by atoms with Crippen LogP contribution < -0.4 is 4.74 Å². The van der Waals surface area contributed by atoms with Gasteiger partial charge in [0.25, 0.3) is 0 Å². The summed E-state index contributed by atoms with van der Waals surface area (Å²) in [5, 5.41) is 13.7. The number of carbonyl (C=O) groups excluding carboxylic acids is 1. The van der Waals surface area contributed by atoms with Gasteiger partial charge in [0.05, 0.1) is 6.61 Å². The van der Waals surface area contributed by atoms with Gasteiger partial charge in [-0.3, -0.25) is 0 Å². The molecular formula is C25H28O4. The van der Waals surface area contributed by atoms with Crippen LogP contribution in [0.3, 0.4) is 0 Å². The number of rotatable bonds is 6. The van der Waals surface area contributed by atoms with E-state index in [-0.39, 0.29) is 24.2 Å². The topological polar surface area (TPSA) is 55.8 Å². The predicted octanol–water partition coefficient (Wildman–Crippen LogP) is 5.15. The molecule has 0 saturated carbocycles. The van der Waals surface area contributed by atoms with Crippen molar-refractivity contribution in [2.45, 2.75) is 39.2 Å². The zero-order valence-electron chi connectivity index (χ0n) is 17.5. The van der Waals surface area contributed by atoms with Crippen LogP contribution in [0.15, 0.2) is 60.7 Å². The van der Waals surface area contributed by atoms with Gasteiger partial charge >= 0.3 is 5.97 Å². The molecule has 0 radical (unpaired) electrons. The Hall–Kier alpha value is -2.85. The van der Waals surface area contributed by atoms with Crippen LogP contribution in [0.2, 0.25) is 0 Å². The van der Waals surface area contributed by atoms with Crippen LogP contribution in [0.25, 0.3) is 21.5 Å². The zero-order chi connectivity index (χ0) is 21.2. The molecule has 0 aliphatic heterocycles. The molecule has 0 saturated heterocycles. The van der Waals surface area contributed by atoms with Crippen molar-refractivity contribution in [3.63, 3.8) is 0 Å². The highest BCUT2D eigenvalue weighted by molar-refractivity contribution is 6.05. The molecule has 3 aromatic rings. The number of esters is 1. The number of ether oxygens (including phenoxy) is 2. The first-order valence-electron chi connectivity index (χ1n) is 9.77. The Morgan fingerprint density at radius 1 is 1.07 bits per heavy atom. The second kappa shape index (κ2) is 8.26. The molecule has 0 spiro atoms. The molecule has 1 unspecified atom stereocenters. The Morgan fingerprint density at radius 2 is 1.76 bits per heavy atom. The summed E-state index contributed by atoms with van der Waals surface area (Å²) in [6.45, 7) is 11.4. The largest absolute Gasteiger partial charge is 0.488 e. The van der Waals surface area contributed by atoms with Crippen molar-refractivity contribution < 1.29 is 19.4 Å². The van der Waals surface area contributed by atoms with E-state index in [0.29, 0.717) is 0 Å². The summed E-state index contributed by atoms with van der Waals surface area (Å²) in [6.07, 6.45) is -0.765. The molecule has 4 nitrogen and oxygen atoms in total. The molecule has 3 aromatic carbocycles. The smallest absolute Gasteiger partial charge is 0.333 e. The molecule has 4 heteroatoms. The second-order valence-electron chi connectivity index (χ2n) is 8.41. The highest BCUT2D eigenvalue weighted by Crippen LogP contribution is 2.37. The predicted molar refractivity (Wildman–Crippen MR) is 117 cm³/mol. The number of hydrogen-bond donors (Lipinski definition) is 1. The van der Waals surface area contributed by atoms with Gasteiger partial charge in [0.1, 0.15) is 12.4 Å². The third-order valence-electron chi connectivity index (χ3n) is 4.92. The third kappa shape index (κ3) is 4.60. The fraction of sp³-hybridized carbons (Fsp3) is 0.320. The molecule has 0 heterocycles. The first-order valence-corrected chi connectivity index (χ1v) is 9.77. The van der Waals surface area contributed by atoms with Crippen molar-refractivity contribution in [2.24, 2.45) is 0 Å². The van der Waals surface area contributed by atoms with Crippen molar-refractivity contribution in [2.75, 3.05) is 13.2 Å². The lowest BCUT2D eigenvalue weighted by atomic mass is 9.85. The van der Waals surface area contributed by atoms with Crippen LogP contribution in [0, 0.1) is 0 Å². The quantitative estimate of drug-likeness (QED) is 0.358. The molecule has 0 aliphatic carbocycles.